The SMILES string of the molecule is O=C(CNC[C@@H]1CCCO1)N(Cc1ccc2c(c1)OCO2)Cc1cccs1. The van der Waals surface area contributed by atoms with Crippen LogP contribution in [0.5, 0.6) is 11.5 Å². The second-order valence-electron chi connectivity index (χ2n) is 6.78. The molecule has 3 heterocycles. The number of nitrogens with one attached hydrogen (secondary N) is 1. The normalized spacial score (nSPS) is 18.0. The Kier molecular flexibility index (Phi) is 5.91. The summed E-state index contributed by atoms with van der Waals surface area (Å²) in [5, 5.41) is 5.29. The second-order valence-corrected chi connectivity index (χ2v) is 7.81. The van der Waals surface area contributed by atoms with Gasteiger partial charge >= 0.3 is 0 Å². The first-order chi connectivity index (χ1) is 13.3. The number of nitrogens with zero attached hydrogens (tertiary/aromatic N) is 1. The summed E-state index contributed by atoms with van der Waals surface area (Å²) in [5.41, 5.74) is 1.03. The highest BCUT2D eigenvalue weighted by molar-refractivity contribution is 7.09. The lowest BCUT2D eigenvalue weighted by Gasteiger charge is -2.23. The lowest BCUT2D eigenvalue weighted by Crippen LogP contribution is -2.39. The Bertz CT molecular complexity index is 759. The number of carbonyl (C=O) groups is 1. The van der Waals surface area contributed by atoms with Gasteiger partial charge in [0.1, 0.15) is 0 Å². The standard InChI is InChI=1S/C20H24N2O4S/c23-20(11-21-10-16-3-1-7-24-16)22(13-17-4-2-8-27-17)12-15-5-6-18-19(9-15)26-14-25-18/h2,4-6,8-9,16,21H,1,3,7,10-14H2/t16-/m0/s1. The van der Waals surface area contributed by atoms with Gasteiger partial charge in [-0.2, -0.15) is 0 Å². The minimum Gasteiger partial charge on any atom is -0.454 e. The van der Waals surface area contributed by atoms with E-state index in [1.807, 2.05) is 34.5 Å². The van der Waals surface area contributed by atoms with Crippen molar-refractivity contribution in [1.82, 2.24) is 10.2 Å². The zero-order valence-electron chi connectivity index (χ0n) is 15.2. The molecule has 0 saturated carbocycles. The molecule has 1 amide bonds. The minimum absolute atomic E-state index is 0.0825. The molecule has 1 saturated heterocycles. The van der Waals surface area contributed by atoms with Crippen LogP contribution in [0.25, 0.3) is 0 Å². The van der Waals surface area contributed by atoms with Crippen molar-refractivity contribution in [3.05, 3.63) is 46.2 Å². The number of thiophene rings is 1. The van der Waals surface area contributed by atoms with Crippen LogP contribution in [-0.2, 0) is 22.6 Å². The number of amides is 1. The number of carbonyl (C=O) groups excluding carboxylic acids is 1. The largest absolute Gasteiger partial charge is 0.454 e. The fourth-order valence-electron chi connectivity index (χ4n) is 3.34. The Morgan fingerprint density at radius 2 is 2.15 bits per heavy atom. The average Bonchev–Trinajstić information content (AvgIpc) is 3.43. The summed E-state index contributed by atoms with van der Waals surface area (Å²) in [6, 6.07) is 9.92. The van der Waals surface area contributed by atoms with Crippen molar-refractivity contribution >= 4 is 17.2 Å². The number of fused-ring (bicyclic) bond motifs is 1. The van der Waals surface area contributed by atoms with Crippen LogP contribution in [0.2, 0.25) is 0 Å². The van der Waals surface area contributed by atoms with Crippen molar-refractivity contribution in [2.75, 3.05) is 26.5 Å². The van der Waals surface area contributed by atoms with Gasteiger partial charge in [-0.05, 0) is 42.0 Å². The number of benzene rings is 1. The summed E-state index contributed by atoms with van der Waals surface area (Å²) >= 11 is 1.66. The molecule has 1 fully saturated rings. The molecule has 27 heavy (non-hydrogen) atoms. The van der Waals surface area contributed by atoms with E-state index in [0.29, 0.717) is 19.6 Å². The van der Waals surface area contributed by atoms with Gasteiger partial charge in [-0.1, -0.05) is 12.1 Å². The summed E-state index contributed by atoms with van der Waals surface area (Å²) < 4.78 is 16.4. The van der Waals surface area contributed by atoms with Crippen LogP contribution in [0, 0.1) is 0 Å². The quantitative estimate of drug-likeness (QED) is 0.754. The number of hydrogen-bond acceptors (Lipinski definition) is 6. The van der Waals surface area contributed by atoms with Crippen LogP contribution >= 0.6 is 11.3 Å². The van der Waals surface area contributed by atoms with E-state index < -0.39 is 0 Å². The van der Waals surface area contributed by atoms with Gasteiger partial charge in [0, 0.05) is 24.6 Å². The topological polar surface area (TPSA) is 60.0 Å². The minimum atomic E-state index is 0.0825. The molecule has 0 aliphatic carbocycles. The zero-order valence-corrected chi connectivity index (χ0v) is 16.0. The van der Waals surface area contributed by atoms with Crippen molar-refractivity contribution in [3.8, 4) is 11.5 Å². The number of hydrogen-bond donors (Lipinski definition) is 1. The fourth-order valence-corrected chi connectivity index (χ4v) is 4.06. The molecule has 0 unspecified atom stereocenters. The third kappa shape index (κ3) is 4.80. The Labute approximate surface area is 163 Å². The van der Waals surface area contributed by atoms with Crippen molar-refractivity contribution < 1.29 is 19.0 Å². The van der Waals surface area contributed by atoms with E-state index in [9.17, 15) is 4.79 Å². The molecule has 1 aromatic carbocycles. The molecule has 0 radical (unpaired) electrons. The van der Waals surface area contributed by atoms with Gasteiger partial charge in [0.2, 0.25) is 12.7 Å². The summed E-state index contributed by atoms with van der Waals surface area (Å²) in [6.07, 6.45) is 2.41. The van der Waals surface area contributed by atoms with Crippen molar-refractivity contribution in [3.63, 3.8) is 0 Å². The highest BCUT2D eigenvalue weighted by Crippen LogP contribution is 2.33. The van der Waals surface area contributed by atoms with Crippen LogP contribution in [0.4, 0.5) is 0 Å². The number of ether oxygens (including phenoxy) is 3. The Balaban J connectivity index is 1.39. The van der Waals surface area contributed by atoms with E-state index >= 15 is 0 Å². The van der Waals surface area contributed by atoms with Crippen LogP contribution in [0.1, 0.15) is 23.3 Å². The Morgan fingerprint density at radius 3 is 2.96 bits per heavy atom. The maximum Gasteiger partial charge on any atom is 0.237 e. The van der Waals surface area contributed by atoms with Gasteiger partial charge in [-0.3, -0.25) is 4.79 Å². The summed E-state index contributed by atoms with van der Waals surface area (Å²) in [7, 11) is 0. The Morgan fingerprint density at radius 1 is 1.22 bits per heavy atom. The smallest absolute Gasteiger partial charge is 0.237 e. The van der Waals surface area contributed by atoms with Crippen LogP contribution in [0.15, 0.2) is 35.7 Å². The molecular weight excluding hydrogens is 364 g/mol. The molecule has 4 rings (SSSR count). The third-order valence-corrected chi connectivity index (χ3v) is 5.62. The van der Waals surface area contributed by atoms with Crippen LogP contribution in [0.3, 0.4) is 0 Å². The van der Waals surface area contributed by atoms with E-state index in [0.717, 1.165) is 43.1 Å². The Hall–Kier alpha value is -2.09. The van der Waals surface area contributed by atoms with Crippen molar-refractivity contribution in [1.29, 1.82) is 0 Å². The molecule has 144 valence electrons. The predicted octanol–water partition coefficient (Wildman–Crippen LogP) is 2.77. The molecule has 1 N–H and O–H groups in total. The van der Waals surface area contributed by atoms with E-state index in [1.165, 1.54) is 4.88 Å². The summed E-state index contributed by atoms with van der Waals surface area (Å²) in [5.74, 6) is 1.58. The van der Waals surface area contributed by atoms with Gasteiger partial charge in [-0.15, -0.1) is 11.3 Å². The number of rotatable bonds is 8. The average molecular weight is 388 g/mol. The van der Waals surface area contributed by atoms with Crippen molar-refractivity contribution in [2.24, 2.45) is 0 Å². The fraction of sp³-hybridized carbons (Fsp3) is 0.450. The first-order valence-corrected chi connectivity index (χ1v) is 10.2. The van der Waals surface area contributed by atoms with Gasteiger partial charge in [0.25, 0.3) is 0 Å². The molecule has 2 aromatic rings. The van der Waals surface area contributed by atoms with Crippen LogP contribution in [-0.4, -0.2) is 43.4 Å². The highest BCUT2D eigenvalue weighted by Gasteiger charge is 2.20. The lowest BCUT2D eigenvalue weighted by atomic mass is 10.2. The van der Waals surface area contributed by atoms with Crippen LogP contribution < -0.4 is 14.8 Å². The van der Waals surface area contributed by atoms with E-state index in [1.54, 1.807) is 11.3 Å². The van der Waals surface area contributed by atoms with E-state index in [4.69, 9.17) is 14.2 Å². The van der Waals surface area contributed by atoms with Gasteiger partial charge in [0.05, 0.1) is 19.2 Å². The molecule has 1 atom stereocenters. The van der Waals surface area contributed by atoms with Gasteiger partial charge in [0.15, 0.2) is 11.5 Å². The molecule has 1 aromatic heterocycles. The predicted molar refractivity (Wildman–Crippen MR) is 103 cm³/mol. The molecule has 6 nitrogen and oxygen atoms in total. The maximum absolute atomic E-state index is 12.9. The summed E-state index contributed by atoms with van der Waals surface area (Å²) in [4.78, 5) is 15.9. The second kappa shape index (κ2) is 8.73. The monoisotopic (exact) mass is 388 g/mol. The van der Waals surface area contributed by atoms with E-state index in [2.05, 4.69) is 11.4 Å². The summed E-state index contributed by atoms with van der Waals surface area (Å²) in [6.45, 7) is 3.26. The first kappa shape index (κ1) is 18.3. The maximum atomic E-state index is 12.9. The lowest BCUT2D eigenvalue weighted by molar-refractivity contribution is -0.131. The molecule has 0 bridgehead atoms. The molecule has 2 aliphatic heterocycles. The third-order valence-electron chi connectivity index (χ3n) is 4.76. The van der Waals surface area contributed by atoms with E-state index in [-0.39, 0.29) is 18.8 Å². The van der Waals surface area contributed by atoms with Gasteiger partial charge < -0.3 is 24.4 Å². The first-order valence-electron chi connectivity index (χ1n) is 9.29. The van der Waals surface area contributed by atoms with Crippen molar-refractivity contribution in [2.45, 2.75) is 32.0 Å². The highest BCUT2D eigenvalue weighted by atomic mass is 32.1. The molecule has 0 spiro atoms. The molecule has 7 heteroatoms. The molecular formula is C20H24N2O4S. The zero-order chi connectivity index (χ0) is 18.5. The molecule has 2 aliphatic rings. The van der Waals surface area contributed by atoms with Gasteiger partial charge in [-0.25, -0.2) is 0 Å².